The highest BCUT2D eigenvalue weighted by atomic mass is 16.6. The van der Waals surface area contributed by atoms with E-state index in [0.29, 0.717) is 38.4 Å². The minimum absolute atomic E-state index is 0.0759. The lowest BCUT2D eigenvalue weighted by Crippen LogP contribution is -2.28. The predicted octanol–water partition coefficient (Wildman–Crippen LogP) is 2.90. The van der Waals surface area contributed by atoms with Crippen molar-refractivity contribution >= 4 is 11.9 Å². The summed E-state index contributed by atoms with van der Waals surface area (Å²) in [4.78, 5) is 24.3. The van der Waals surface area contributed by atoms with Gasteiger partial charge in [0.25, 0.3) is 0 Å². The number of allylic oxidation sites excluding steroid dienone is 5. The molecule has 0 radical (unpaired) electrons. The molecule has 156 valence electrons. The van der Waals surface area contributed by atoms with Crippen LogP contribution in [0.25, 0.3) is 0 Å². The van der Waals surface area contributed by atoms with Crippen molar-refractivity contribution in [2.45, 2.75) is 38.9 Å². The fraction of sp³-hybridized carbons (Fsp3) is 0.565. The Hall–Kier alpha value is -2.18. The van der Waals surface area contributed by atoms with Gasteiger partial charge in [-0.1, -0.05) is 50.3 Å². The Morgan fingerprint density at radius 1 is 1.00 bits per heavy atom. The molecule has 0 amide bonds. The van der Waals surface area contributed by atoms with Crippen LogP contribution in [-0.4, -0.2) is 50.6 Å². The van der Waals surface area contributed by atoms with Crippen molar-refractivity contribution in [1.29, 1.82) is 0 Å². The van der Waals surface area contributed by atoms with E-state index in [1.54, 1.807) is 0 Å². The number of carbonyl (C=O) groups excluding carboxylic acids is 2. The Labute approximate surface area is 171 Å². The smallest absolute Gasteiger partial charge is 0.337 e. The number of carbonyl (C=O) groups is 2. The molecule has 2 aliphatic carbocycles. The van der Waals surface area contributed by atoms with Gasteiger partial charge in [0.05, 0.1) is 24.7 Å². The first-order valence-corrected chi connectivity index (χ1v) is 10.3. The van der Waals surface area contributed by atoms with Crippen molar-refractivity contribution in [3.05, 3.63) is 47.6 Å². The van der Waals surface area contributed by atoms with Crippen LogP contribution in [-0.2, 0) is 28.5 Å². The molecule has 2 heterocycles. The summed E-state index contributed by atoms with van der Waals surface area (Å²) >= 11 is 0. The Balaban J connectivity index is 1.29. The van der Waals surface area contributed by atoms with Crippen molar-refractivity contribution in [2.75, 3.05) is 26.4 Å². The molecule has 0 aromatic carbocycles. The normalized spacial score (nSPS) is 30.3. The molecule has 2 aliphatic heterocycles. The summed E-state index contributed by atoms with van der Waals surface area (Å²) in [5.41, 5.74) is 1.69. The van der Waals surface area contributed by atoms with Crippen LogP contribution in [0, 0.1) is 17.3 Å². The first kappa shape index (κ1) is 20.1. The first-order chi connectivity index (χ1) is 13.9. The highest BCUT2D eigenvalue weighted by Crippen LogP contribution is 2.42. The van der Waals surface area contributed by atoms with Crippen LogP contribution in [0.3, 0.4) is 0 Å². The third-order valence-corrected chi connectivity index (χ3v) is 6.03. The highest BCUT2D eigenvalue weighted by molar-refractivity contribution is 5.91. The molecule has 4 atom stereocenters. The van der Waals surface area contributed by atoms with Gasteiger partial charge in [0.15, 0.2) is 0 Å². The molecule has 0 bridgehead atoms. The first-order valence-electron chi connectivity index (χ1n) is 10.3. The summed E-state index contributed by atoms with van der Waals surface area (Å²) in [6.45, 7) is 6.43. The molecule has 4 rings (SSSR count). The zero-order valence-electron chi connectivity index (χ0n) is 17.0. The maximum Gasteiger partial charge on any atom is 0.337 e. The molecule has 0 N–H and O–H groups in total. The van der Waals surface area contributed by atoms with Gasteiger partial charge in [-0.3, -0.25) is 4.79 Å². The minimum Gasteiger partial charge on any atom is -0.462 e. The lowest BCUT2D eigenvalue weighted by molar-refractivity contribution is -0.147. The molecular weight excluding hydrogens is 372 g/mol. The summed E-state index contributed by atoms with van der Waals surface area (Å²) < 4.78 is 20.7. The van der Waals surface area contributed by atoms with E-state index in [-0.39, 0.29) is 41.4 Å². The van der Waals surface area contributed by atoms with E-state index in [9.17, 15) is 9.59 Å². The third kappa shape index (κ3) is 5.06. The van der Waals surface area contributed by atoms with Crippen LogP contribution in [0.5, 0.6) is 0 Å². The van der Waals surface area contributed by atoms with E-state index in [4.69, 9.17) is 18.9 Å². The van der Waals surface area contributed by atoms with Gasteiger partial charge >= 0.3 is 11.9 Å². The molecule has 0 aromatic heterocycles. The number of hydrogen-bond donors (Lipinski definition) is 0. The van der Waals surface area contributed by atoms with E-state index in [0.717, 1.165) is 6.42 Å². The van der Waals surface area contributed by atoms with Gasteiger partial charge in [0.2, 0.25) is 0 Å². The Morgan fingerprint density at radius 3 is 2.24 bits per heavy atom. The molecule has 6 heteroatoms. The summed E-state index contributed by atoms with van der Waals surface area (Å²) in [7, 11) is 0. The van der Waals surface area contributed by atoms with E-state index >= 15 is 0 Å². The quantitative estimate of drug-likeness (QED) is 0.461. The van der Waals surface area contributed by atoms with Crippen molar-refractivity contribution in [3.8, 4) is 0 Å². The van der Waals surface area contributed by atoms with Gasteiger partial charge in [-0.2, -0.15) is 0 Å². The second-order valence-electron chi connectivity index (χ2n) is 8.58. The zero-order chi connectivity index (χ0) is 20.4. The number of esters is 2. The molecule has 0 saturated carbocycles. The fourth-order valence-corrected chi connectivity index (χ4v) is 3.66. The summed E-state index contributed by atoms with van der Waals surface area (Å²) in [5, 5.41) is 0. The topological polar surface area (TPSA) is 77.7 Å². The van der Waals surface area contributed by atoms with E-state index in [1.807, 2.05) is 24.3 Å². The van der Waals surface area contributed by atoms with Crippen LogP contribution in [0.15, 0.2) is 47.6 Å². The lowest BCUT2D eigenvalue weighted by Gasteiger charge is -2.36. The van der Waals surface area contributed by atoms with Gasteiger partial charge in [-0.05, 0) is 29.7 Å². The molecular formula is C23H28O6. The maximum atomic E-state index is 12.2. The van der Waals surface area contributed by atoms with E-state index in [1.165, 1.54) is 5.57 Å². The lowest BCUT2D eigenvalue weighted by atomic mass is 9.68. The van der Waals surface area contributed by atoms with Gasteiger partial charge in [0, 0.05) is 0 Å². The second-order valence-corrected chi connectivity index (χ2v) is 8.58. The minimum atomic E-state index is -0.289. The van der Waals surface area contributed by atoms with E-state index < -0.39 is 0 Å². The Morgan fingerprint density at radius 2 is 1.69 bits per heavy atom. The van der Waals surface area contributed by atoms with Gasteiger partial charge < -0.3 is 18.9 Å². The number of hydrogen-bond acceptors (Lipinski definition) is 6. The largest absolute Gasteiger partial charge is 0.462 e. The zero-order valence-corrected chi connectivity index (χ0v) is 17.0. The van der Waals surface area contributed by atoms with Crippen LogP contribution in [0.1, 0.15) is 26.7 Å². The predicted molar refractivity (Wildman–Crippen MR) is 106 cm³/mol. The average molecular weight is 400 g/mol. The van der Waals surface area contributed by atoms with Crippen LogP contribution in [0.4, 0.5) is 0 Å². The summed E-state index contributed by atoms with van der Waals surface area (Å²) in [5.74, 6) is -0.447. The molecule has 4 unspecified atom stereocenters. The van der Waals surface area contributed by atoms with E-state index in [2.05, 4.69) is 26.0 Å². The number of epoxide rings is 2. The molecule has 29 heavy (non-hydrogen) atoms. The highest BCUT2D eigenvalue weighted by Gasteiger charge is 2.34. The van der Waals surface area contributed by atoms with Crippen molar-refractivity contribution in [2.24, 2.45) is 17.3 Å². The monoisotopic (exact) mass is 400 g/mol. The van der Waals surface area contributed by atoms with Gasteiger partial charge in [0.1, 0.15) is 25.4 Å². The van der Waals surface area contributed by atoms with Crippen LogP contribution < -0.4 is 0 Å². The van der Waals surface area contributed by atoms with Crippen molar-refractivity contribution < 1.29 is 28.5 Å². The molecule has 6 nitrogen and oxygen atoms in total. The summed E-state index contributed by atoms with van der Waals surface area (Å²) in [6, 6.07) is 0. The fourth-order valence-electron chi connectivity index (χ4n) is 3.66. The molecule has 2 fully saturated rings. The van der Waals surface area contributed by atoms with Gasteiger partial charge in [-0.15, -0.1) is 0 Å². The number of ether oxygens (including phenoxy) is 4. The second kappa shape index (κ2) is 8.28. The molecule has 2 saturated heterocycles. The Kier molecular flexibility index (Phi) is 5.74. The number of rotatable bonds is 8. The standard InChI is InChI=1S/C23H28O6/c1-23(2,17-7-3-15(4-8-17)21(24)28-13-19-11-26-19)18-9-5-16(6-10-18)22(25)29-14-20-12-27-20/h3-5,7,9-10,16-17,19-20H,6,8,11-14H2,1-2H3. The van der Waals surface area contributed by atoms with Crippen LogP contribution in [0.2, 0.25) is 0 Å². The Bertz CT molecular complexity index is 779. The molecule has 4 aliphatic rings. The summed E-state index contributed by atoms with van der Waals surface area (Å²) in [6.07, 6.45) is 13.6. The third-order valence-electron chi connectivity index (χ3n) is 6.03. The SMILES string of the molecule is CC(C)(C1=CCC(C(=O)OCC2CO2)C=C1)C1C=CC(C(=O)OCC2CO2)=CC1. The van der Waals surface area contributed by atoms with Crippen molar-refractivity contribution in [3.63, 3.8) is 0 Å². The molecule has 0 spiro atoms. The molecule has 0 aromatic rings. The van der Waals surface area contributed by atoms with Crippen LogP contribution >= 0.6 is 0 Å². The maximum absolute atomic E-state index is 12.2. The van der Waals surface area contributed by atoms with Crippen molar-refractivity contribution in [1.82, 2.24) is 0 Å². The average Bonchev–Trinajstić information content (AvgIpc) is 3.65. The van der Waals surface area contributed by atoms with Gasteiger partial charge in [-0.25, -0.2) is 4.79 Å².